The molecule has 0 radical (unpaired) electrons. The summed E-state index contributed by atoms with van der Waals surface area (Å²) in [6.45, 7) is 1.79. The molecule has 1 heterocycles. The number of halogens is 1. The molecule has 0 aliphatic rings. The summed E-state index contributed by atoms with van der Waals surface area (Å²) in [6, 6.07) is 3.34. The number of sulfonamides is 1. The summed E-state index contributed by atoms with van der Waals surface area (Å²) >= 11 is 5.46. The molecule has 0 unspecified atom stereocenters. The number of aromatic nitrogens is 1. The Balaban J connectivity index is 2.61. The lowest BCUT2D eigenvalue weighted by molar-refractivity contribution is 0.565. The largest absolute Gasteiger partial charge is 0.264 e. The Morgan fingerprint density at radius 1 is 1.56 bits per heavy atom. The molecule has 6 heteroatoms. The van der Waals surface area contributed by atoms with E-state index < -0.39 is 10.0 Å². The van der Waals surface area contributed by atoms with Crippen molar-refractivity contribution in [3.63, 3.8) is 0 Å². The van der Waals surface area contributed by atoms with E-state index in [0.29, 0.717) is 12.3 Å². The van der Waals surface area contributed by atoms with Crippen molar-refractivity contribution in [1.29, 1.82) is 0 Å². The molecule has 1 N–H and O–H groups in total. The fourth-order valence-corrected chi connectivity index (χ4v) is 2.88. The van der Waals surface area contributed by atoms with Crippen LogP contribution in [0.2, 0.25) is 0 Å². The Labute approximate surface area is 101 Å². The van der Waals surface area contributed by atoms with Gasteiger partial charge < -0.3 is 0 Å². The number of rotatable bonds is 6. The molecule has 1 aromatic rings. The van der Waals surface area contributed by atoms with Gasteiger partial charge in [0.15, 0.2) is 0 Å². The van der Waals surface area contributed by atoms with Crippen LogP contribution in [0.1, 0.15) is 24.9 Å². The molecule has 0 aliphatic carbocycles. The number of pyridine rings is 1. The molecule has 4 nitrogen and oxygen atoms in total. The maximum atomic E-state index is 11.6. The Hall–Kier alpha value is -0.650. The van der Waals surface area contributed by atoms with Gasteiger partial charge in [-0.3, -0.25) is 4.98 Å². The van der Waals surface area contributed by atoms with E-state index in [4.69, 9.17) is 11.6 Å². The molecule has 0 bridgehead atoms. The molecule has 0 saturated carbocycles. The van der Waals surface area contributed by atoms with Gasteiger partial charge in [0.2, 0.25) is 10.0 Å². The van der Waals surface area contributed by atoms with Gasteiger partial charge >= 0.3 is 0 Å². The Bertz CT molecular complexity index is 408. The highest BCUT2D eigenvalue weighted by Crippen LogP contribution is 2.11. The van der Waals surface area contributed by atoms with Crippen LogP contribution in [0.5, 0.6) is 0 Å². The van der Waals surface area contributed by atoms with Gasteiger partial charge in [-0.1, -0.05) is 6.07 Å². The Morgan fingerprint density at radius 2 is 2.31 bits per heavy atom. The van der Waals surface area contributed by atoms with Gasteiger partial charge in [-0.2, -0.15) is 0 Å². The first-order valence-corrected chi connectivity index (χ1v) is 7.20. The molecule has 0 aliphatic heterocycles. The average Bonchev–Trinajstić information content (AvgIpc) is 2.27. The predicted octanol–water partition coefficient (Wildman–Crippen LogP) is 1.69. The molecule has 1 atom stereocenters. The van der Waals surface area contributed by atoms with Crippen LogP contribution in [0.3, 0.4) is 0 Å². The zero-order valence-corrected chi connectivity index (χ0v) is 10.6. The van der Waals surface area contributed by atoms with E-state index in [1.54, 1.807) is 25.4 Å². The van der Waals surface area contributed by atoms with Gasteiger partial charge in [-0.25, -0.2) is 13.1 Å². The average molecular weight is 263 g/mol. The summed E-state index contributed by atoms with van der Waals surface area (Å²) in [5.41, 5.74) is 0.844. The molecule has 1 rings (SSSR count). The van der Waals surface area contributed by atoms with Crippen LogP contribution in [-0.2, 0) is 10.0 Å². The minimum Gasteiger partial charge on any atom is -0.264 e. The van der Waals surface area contributed by atoms with Crippen molar-refractivity contribution in [1.82, 2.24) is 9.71 Å². The molecule has 0 saturated heterocycles. The van der Waals surface area contributed by atoms with E-state index in [1.807, 2.05) is 6.07 Å². The summed E-state index contributed by atoms with van der Waals surface area (Å²) < 4.78 is 25.7. The second-order valence-corrected chi connectivity index (χ2v) is 5.74. The van der Waals surface area contributed by atoms with Crippen molar-refractivity contribution in [2.24, 2.45) is 0 Å². The molecule has 1 aromatic heterocycles. The molecule has 0 aromatic carbocycles. The van der Waals surface area contributed by atoms with Gasteiger partial charge in [0, 0.05) is 24.3 Å². The van der Waals surface area contributed by atoms with Crippen molar-refractivity contribution in [2.75, 3.05) is 11.6 Å². The number of nitrogens with one attached hydrogen (secondary N) is 1. The smallest absolute Gasteiger partial charge is 0.212 e. The van der Waals surface area contributed by atoms with Crippen LogP contribution in [0.4, 0.5) is 0 Å². The van der Waals surface area contributed by atoms with Crippen LogP contribution in [0, 0.1) is 0 Å². The fraction of sp³-hybridized carbons (Fsp3) is 0.500. The fourth-order valence-electron chi connectivity index (χ4n) is 1.27. The zero-order chi connectivity index (χ0) is 12.0. The van der Waals surface area contributed by atoms with Gasteiger partial charge in [0.25, 0.3) is 0 Å². The first-order chi connectivity index (χ1) is 7.55. The summed E-state index contributed by atoms with van der Waals surface area (Å²) in [5, 5.41) is 0. The van der Waals surface area contributed by atoms with Gasteiger partial charge in [0.1, 0.15) is 0 Å². The van der Waals surface area contributed by atoms with Crippen molar-refractivity contribution >= 4 is 21.6 Å². The molecular weight excluding hydrogens is 248 g/mol. The van der Waals surface area contributed by atoms with E-state index in [2.05, 4.69) is 9.71 Å². The van der Waals surface area contributed by atoms with E-state index >= 15 is 0 Å². The molecular formula is C10H15ClN2O2S. The highest BCUT2D eigenvalue weighted by atomic mass is 35.5. The van der Waals surface area contributed by atoms with E-state index in [1.165, 1.54) is 0 Å². The predicted molar refractivity (Wildman–Crippen MR) is 64.9 cm³/mol. The van der Waals surface area contributed by atoms with E-state index in [-0.39, 0.29) is 11.8 Å². The van der Waals surface area contributed by atoms with Crippen molar-refractivity contribution in [3.05, 3.63) is 30.1 Å². The lowest BCUT2D eigenvalue weighted by atomic mass is 10.2. The van der Waals surface area contributed by atoms with Gasteiger partial charge in [0.05, 0.1) is 5.75 Å². The van der Waals surface area contributed by atoms with Gasteiger partial charge in [-0.15, -0.1) is 11.6 Å². The minimum atomic E-state index is -3.25. The number of hydrogen-bond acceptors (Lipinski definition) is 3. The monoisotopic (exact) mass is 262 g/mol. The SMILES string of the molecule is C[C@H](NS(=O)(=O)CCCCl)c1cccnc1. The van der Waals surface area contributed by atoms with Crippen LogP contribution in [-0.4, -0.2) is 25.0 Å². The Morgan fingerprint density at radius 3 is 2.88 bits per heavy atom. The maximum absolute atomic E-state index is 11.6. The molecule has 16 heavy (non-hydrogen) atoms. The first-order valence-electron chi connectivity index (χ1n) is 5.01. The second kappa shape index (κ2) is 6.18. The lowest BCUT2D eigenvalue weighted by Crippen LogP contribution is -2.29. The van der Waals surface area contributed by atoms with Gasteiger partial charge in [-0.05, 0) is 25.0 Å². The van der Waals surface area contributed by atoms with Crippen LogP contribution in [0.25, 0.3) is 0 Å². The lowest BCUT2D eigenvalue weighted by Gasteiger charge is -2.13. The van der Waals surface area contributed by atoms with Crippen LogP contribution >= 0.6 is 11.6 Å². The van der Waals surface area contributed by atoms with E-state index in [0.717, 1.165) is 5.56 Å². The first kappa shape index (κ1) is 13.4. The third kappa shape index (κ3) is 4.47. The normalized spacial score (nSPS) is 13.6. The summed E-state index contributed by atoms with van der Waals surface area (Å²) in [6.07, 6.45) is 3.75. The third-order valence-electron chi connectivity index (χ3n) is 2.09. The second-order valence-electron chi connectivity index (χ2n) is 3.49. The standard InChI is InChI=1S/C10H15ClN2O2S/c1-9(10-4-2-6-12-8-10)13-16(14,15)7-3-5-11/h2,4,6,8-9,13H,3,5,7H2,1H3/t9-/m0/s1. The van der Waals surface area contributed by atoms with E-state index in [9.17, 15) is 8.42 Å². The Kier molecular flexibility index (Phi) is 5.18. The summed E-state index contributed by atoms with van der Waals surface area (Å²) in [4.78, 5) is 3.94. The molecule has 0 spiro atoms. The number of alkyl halides is 1. The number of nitrogens with zero attached hydrogens (tertiary/aromatic N) is 1. The highest BCUT2D eigenvalue weighted by molar-refractivity contribution is 7.89. The maximum Gasteiger partial charge on any atom is 0.212 e. The summed E-state index contributed by atoms with van der Waals surface area (Å²) in [5.74, 6) is 0.406. The summed E-state index contributed by atoms with van der Waals surface area (Å²) in [7, 11) is -3.25. The third-order valence-corrected chi connectivity index (χ3v) is 3.89. The van der Waals surface area contributed by atoms with Crippen molar-refractivity contribution < 1.29 is 8.42 Å². The molecule has 0 fully saturated rings. The van der Waals surface area contributed by atoms with Crippen molar-refractivity contribution in [3.8, 4) is 0 Å². The number of hydrogen-bond donors (Lipinski definition) is 1. The van der Waals surface area contributed by atoms with Crippen LogP contribution in [0.15, 0.2) is 24.5 Å². The van der Waals surface area contributed by atoms with Crippen molar-refractivity contribution in [2.45, 2.75) is 19.4 Å². The highest BCUT2D eigenvalue weighted by Gasteiger charge is 2.15. The quantitative estimate of drug-likeness (QED) is 0.794. The van der Waals surface area contributed by atoms with Crippen LogP contribution < -0.4 is 4.72 Å². The molecule has 0 amide bonds. The topological polar surface area (TPSA) is 59.1 Å². The zero-order valence-electron chi connectivity index (χ0n) is 9.06. The molecule has 90 valence electrons. The minimum absolute atomic E-state index is 0.0566.